The molecular formula is C10H14N2. The van der Waals surface area contributed by atoms with Gasteiger partial charge in [-0.15, -0.1) is 0 Å². The summed E-state index contributed by atoms with van der Waals surface area (Å²) < 4.78 is 0. The summed E-state index contributed by atoms with van der Waals surface area (Å²) in [6.45, 7) is 4.22. The second-order valence-corrected chi connectivity index (χ2v) is 2.79. The molecule has 0 bridgehead atoms. The average Bonchev–Trinajstić information content (AvgIpc) is 2.16. The molecule has 0 fully saturated rings. The molecule has 0 aliphatic rings. The van der Waals surface area contributed by atoms with E-state index < -0.39 is 0 Å². The van der Waals surface area contributed by atoms with E-state index >= 15 is 0 Å². The number of hydrogen-bond donors (Lipinski definition) is 0. The van der Waals surface area contributed by atoms with E-state index in [0.717, 1.165) is 12.1 Å². The summed E-state index contributed by atoms with van der Waals surface area (Å²) in [5.74, 6) is 0. The molecule has 0 spiro atoms. The fraction of sp³-hybridized carbons (Fsp3) is 0.400. The van der Waals surface area contributed by atoms with Crippen molar-refractivity contribution in [1.29, 1.82) is 0 Å². The Morgan fingerprint density at radius 3 is 3.00 bits per heavy atom. The van der Waals surface area contributed by atoms with Crippen molar-refractivity contribution in [3.05, 3.63) is 30.1 Å². The van der Waals surface area contributed by atoms with E-state index in [9.17, 15) is 0 Å². The first-order valence-corrected chi connectivity index (χ1v) is 4.27. The fourth-order valence-corrected chi connectivity index (χ4v) is 0.761. The van der Waals surface area contributed by atoms with Crippen LogP contribution < -0.4 is 0 Å². The van der Waals surface area contributed by atoms with Crippen LogP contribution in [-0.4, -0.2) is 17.2 Å². The van der Waals surface area contributed by atoms with Crippen molar-refractivity contribution in [2.75, 3.05) is 0 Å². The summed E-state index contributed by atoms with van der Waals surface area (Å²) >= 11 is 0. The van der Waals surface area contributed by atoms with Crippen molar-refractivity contribution < 1.29 is 0 Å². The maximum absolute atomic E-state index is 4.33. The lowest BCUT2D eigenvalue weighted by atomic mass is 10.3. The Morgan fingerprint density at radius 1 is 1.58 bits per heavy atom. The zero-order valence-corrected chi connectivity index (χ0v) is 7.57. The quantitative estimate of drug-likeness (QED) is 0.626. The van der Waals surface area contributed by atoms with Crippen molar-refractivity contribution in [3.8, 4) is 0 Å². The summed E-state index contributed by atoms with van der Waals surface area (Å²) in [4.78, 5) is 8.46. The van der Waals surface area contributed by atoms with Gasteiger partial charge in [-0.3, -0.25) is 9.98 Å². The third-order valence-corrected chi connectivity index (χ3v) is 1.74. The largest absolute Gasteiger partial charge is 0.288 e. The van der Waals surface area contributed by atoms with Gasteiger partial charge in [0, 0.05) is 18.5 Å². The van der Waals surface area contributed by atoms with E-state index in [1.165, 1.54) is 0 Å². The molecule has 1 aromatic heterocycles. The maximum atomic E-state index is 4.33. The molecule has 0 amide bonds. The van der Waals surface area contributed by atoms with Gasteiger partial charge in [0.05, 0.1) is 5.69 Å². The van der Waals surface area contributed by atoms with Gasteiger partial charge in [0.2, 0.25) is 0 Å². The highest BCUT2D eigenvalue weighted by Crippen LogP contribution is 1.95. The van der Waals surface area contributed by atoms with Crippen molar-refractivity contribution in [3.63, 3.8) is 0 Å². The molecule has 1 unspecified atom stereocenters. The minimum absolute atomic E-state index is 0.395. The molecule has 12 heavy (non-hydrogen) atoms. The van der Waals surface area contributed by atoms with Crippen molar-refractivity contribution in [2.24, 2.45) is 4.99 Å². The molecule has 2 nitrogen and oxygen atoms in total. The van der Waals surface area contributed by atoms with Crippen LogP contribution in [0.3, 0.4) is 0 Å². The Morgan fingerprint density at radius 2 is 2.42 bits per heavy atom. The molecule has 0 aliphatic carbocycles. The van der Waals surface area contributed by atoms with Crippen LogP contribution in [0.2, 0.25) is 0 Å². The molecule has 0 saturated carbocycles. The fourth-order valence-electron chi connectivity index (χ4n) is 0.761. The minimum Gasteiger partial charge on any atom is -0.288 e. The maximum Gasteiger partial charge on any atom is 0.0807 e. The second-order valence-electron chi connectivity index (χ2n) is 2.79. The number of aromatic nitrogens is 1. The van der Waals surface area contributed by atoms with Crippen LogP contribution in [0.5, 0.6) is 0 Å². The standard InChI is InChI=1S/C10H14N2/c1-3-9(2)12-8-10-6-4-5-7-11-10/h4-9H,3H2,1-2H3. The molecule has 0 saturated heterocycles. The first kappa shape index (κ1) is 8.91. The van der Waals surface area contributed by atoms with E-state index in [0.29, 0.717) is 6.04 Å². The minimum atomic E-state index is 0.395. The number of nitrogens with zero attached hydrogens (tertiary/aromatic N) is 2. The van der Waals surface area contributed by atoms with Crippen LogP contribution >= 0.6 is 0 Å². The highest BCUT2D eigenvalue weighted by molar-refractivity contribution is 5.76. The third kappa shape index (κ3) is 2.82. The molecule has 64 valence electrons. The van der Waals surface area contributed by atoms with E-state index in [1.807, 2.05) is 24.4 Å². The van der Waals surface area contributed by atoms with Gasteiger partial charge >= 0.3 is 0 Å². The predicted molar refractivity (Wildman–Crippen MR) is 51.6 cm³/mol. The zero-order valence-electron chi connectivity index (χ0n) is 7.57. The van der Waals surface area contributed by atoms with E-state index in [1.54, 1.807) is 6.20 Å². The van der Waals surface area contributed by atoms with Crippen LogP contribution in [0.15, 0.2) is 29.4 Å². The highest BCUT2D eigenvalue weighted by atomic mass is 14.8. The Balaban J connectivity index is 2.58. The lowest BCUT2D eigenvalue weighted by molar-refractivity contribution is 0.720. The van der Waals surface area contributed by atoms with Crippen molar-refractivity contribution >= 4 is 6.21 Å². The predicted octanol–water partition coefficient (Wildman–Crippen LogP) is 2.30. The van der Waals surface area contributed by atoms with Gasteiger partial charge < -0.3 is 0 Å². The van der Waals surface area contributed by atoms with Gasteiger partial charge in [-0.05, 0) is 25.5 Å². The lowest BCUT2D eigenvalue weighted by Gasteiger charge is -1.98. The van der Waals surface area contributed by atoms with Gasteiger partial charge in [0.25, 0.3) is 0 Å². The van der Waals surface area contributed by atoms with E-state index in [4.69, 9.17) is 0 Å². The number of rotatable bonds is 3. The van der Waals surface area contributed by atoms with E-state index in [2.05, 4.69) is 23.8 Å². The molecule has 1 aromatic rings. The summed E-state index contributed by atoms with van der Waals surface area (Å²) in [6.07, 6.45) is 4.68. The average molecular weight is 162 g/mol. The van der Waals surface area contributed by atoms with Gasteiger partial charge in [-0.25, -0.2) is 0 Å². The lowest BCUT2D eigenvalue weighted by Crippen LogP contribution is -1.96. The molecule has 1 atom stereocenters. The normalized spacial score (nSPS) is 13.5. The van der Waals surface area contributed by atoms with Gasteiger partial charge in [-0.2, -0.15) is 0 Å². The summed E-state index contributed by atoms with van der Waals surface area (Å²) in [5, 5.41) is 0. The Bertz CT molecular complexity index is 241. The topological polar surface area (TPSA) is 25.2 Å². The van der Waals surface area contributed by atoms with Crippen LogP contribution in [0.4, 0.5) is 0 Å². The van der Waals surface area contributed by atoms with Crippen molar-refractivity contribution in [2.45, 2.75) is 26.3 Å². The second kappa shape index (κ2) is 4.65. The third-order valence-electron chi connectivity index (χ3n) is 1.74. The van der Waals surface area contributed by atoms with Crippen LogP contribution in [-0.2, 0) is 0 Å². The molecule has 0 aromatic carbocycles. The van der Waals surface area contributed by atoms with Crippen LogP contribution in [0, 0.1) is 0 Å². The molecule has 1 rings (SSSR count). The molecule has 1 heterocycles. The number of hydrogen-bond acceptors (Lipinski definition) is 2. The van der Waals surface area contributed by atoms with Crippen LogP contribution in [0.1, 0.15) is 26.0 Å². The first-order chi connectivity index (χ1) is 5.83. The molecule has 0 radical (unpaired) electrons. The first-order valence-electron chi connectivity index (χ1n) is 4.27. The summed E-state index contributed by atoms with van der Waals surface area (Å²) in [7, 11) is 0. The monoisotopic (exact) mass is 162 g/mol. The summed E-state index contributed by atoms with van der Waals surface area (Å²) in [6, 6.07) is 6.21. The molecule has 0 aliphatic heterocycles. The van der Waals surface area contributed by atoms with Gasteiger partial charge in [0.1, 0.15) is 0 Å². The van der Waals surface area contributed by atoms with Crippen LogP contribution in [0.25, 0.3) is 0 Å². The molecular weight excluding hydrogens is 148 g/mol. The Hall–Kier alpha value is -1.18. The zero-order chi connectivity index (χ0) is 8.81. The SMILES string of the molecule is CCC(C)N=Cc1ccccn1. The smallest absolute Gasteiger partial charge is 0.0807 e. The van der Waals surface area contributed by atoms with E-state index in [-0.39, 0.29) is 0 Å². The highest BCUT2D eigenvalue weighted by Gasteiger charge is 1.91. The molecule has 2 heteroatoms. The Labute approximate surface area is 73.4 Å². The van der Waals surface area contributed by atoms with Gasteiger partial charge in [-0.1, -0.05) is 13.0 Å². The van der Waals surface area contributed by atoms with Crippen molar-refractivity contribution in [1.82, 2.24) is 4.98 Å². The van der Waals surface area contributed by atoms with Gasteiger partial charge in [0.15, 0.2) is 0 Å². The summed E-state index contributed by atoms with van der Waals surface area (Å²) in [5.41, 5.74) is 0.929. The number of pyridine rings is 1. The molecule has 0 N–H and O–H groups in total. The number of aliphatic imine (C=N–C) groups is 1. The Kier molecular flexibility index (Phi) is 3.45.